The molecule has 0 unspecified atom stereocenters. The predicted octanol–water partition coefficient (Wildman–Crippen LogP) is 1.44. The minimum Gasteiger partial charge on any atom is -0.453 e. The van der Waals surface area contributed by atoms with Crippen LogP contribution in [0.3, 0.4) is 0 Å². The van der Waals surface area contributed by atoms with Gasteiger partial charge >= 0.3 is 12.1 Å². The Labute approximate surface area is 138 Å². The Hall–Kier alpha value is -2.65. The lowest BCUT2D eigenvalue weighted by Gasteiger charge is -2.10. The molecule has 0 bridgehead atoms. The number of carbonyl (C=O) groups excluding carboxylic acids is 2. The molecule has 1 aromatic carbocycles. The second-order valence-electron chi connectivity index (χ2n) is 4.71. The van der Waals surface area contributed by atoms with E-state index in [1.54, 1.807) is 31.4 Å². The zero-order valence-electron chi connectivity index (χ0n) is 13.6. The van der Waals surface area contributed by atoms with Crippen LogP contribution >= 0.6 is 0 Å². The number of para-hydroxylation sites is 2. The smallest absolute Gasteiger partial charge is 0.413 e. The molecule has 0 radical (unpaired) electrons. The van der Waals surface area contributed by atoms with Gasteiger partial charge in [0.05, 0.1) is 38.0 Å². The molecule has 9 heteroatoms. The van der Waals surface area contributed by atoms with Gasteiger partial charge in [-0.3, -0.25) is 5.32 Å². The molecule has 0 aliphatic carbocycles. The van der Waals surface area contributed by atoms with E-state index in [1.165, 1.54) is 11.7 Å². The SMILES string of the molecule is COCCOCCNC(=O)n1c(NC(=O)OC)nc2ccccc21. The fourth-order valence-electron chi connectivity index (χ4n) is 2.01. The van der Waals surface area contributed by atoms with Crippen LogP contribution in [0.2, 0.25) is 0 Å². The maximum Gasteiger partial charge on any atom is 0.413 e. The first-order valence-corrected chi connectivity index (χ1v) is 7.34. The molecular formula is C15H20N4O5. The number of anilines is 1. The number of aromatic nitrogens is 2. The summed E-state index contributed by atoms with van der Waals surface area (Å²) in [5, 5.41) is 5.14. The van der Waals surface area contributed by atoms with Crippen molar-refractivity contribution in [1.29, 1.82) is 0 Å². The van der Waals surface area contributed by atoms with Gasteiger partial charge in [-0.25, -0.2) is 19.1 Å². The molecule has 9 nitrogen and oxygen atoms in total. The van der Waals surface area contributed by atoms with Crippen LogP contribution in [0.5, 0.6) is 0 Å². The highest BCUT2D eigenvalue weighted by molar-refractivity contribution is 5.96. The summed E-state index contributed by atoms with van der Waals surface area (Å²) in [6, 6.07) is 6.63. The Morgan fingerprint density at radius 2 is 1.96 bits per heavy atom. The van der Waals surface area contributed by atoms with Crippen LogP contribution in [-0.2, 0) is 14.2 Å². The van der Waals surface area contributed by atoms with Gasteiger partial charge in [0.2, 0.25) is 5.95 Å². The maximum atomic E-state index is 12.4. The van der Waals surface area contributed by atoms with Crippen molar-refractivity contribution in [2.24, 2.45) is 0 Å². The van der Waals surface area contributed by atoms with Crippen molar-refractivity contribution >= 4 is 29.1 Å². The highest BCUT2D eigenvalue weighted by atomic mass is 16.5. The minimum atomic E-state index is -0.706. The maximum absolute atomic E-state index is 12.4. The monoisotopic (exact) mass is 336 g/mol. The number of benzene rings is 1. The lowest BCUT2D eigenvalue weighted by atomic mass is 10.3. The summed E-state index contributed by atoms with van der Waals surface area (Å²) < 4.78 is 16.0. The second-order valence-corrected chi connectivity index (χ2v) is 4.71. The molecule has 0 fully saturated rings. The van der Waals surface area contributed by atoms with Crippen LogP contribution in [0.25, 0.3) is 11.0 Å². The third kappa shape index (κ3) is 4.43. The van der Waals surface area contributed by atoms with Gasteiger partial charge in [-0.05, 0) is 12.1 Å². The Kier molecular flexibility index (Phi) is 6.52. The third-order valence-electron chi connectivity index (χ3n) is 3.12. The van der Waals surface area contributed by atoms with Crippen molar-refractivity contribution in [1.82, 2.24) is 14.9 Å². The van der Waals surface area contributed by atoms with E-state index in [2.05, 4.69) is 20.4 Å². The Morgan fingerprint density at radius 1 is 1.17 bits per heavy atom. The van der Waals surface area contributed by atoms with Gasteiger partial charge in [0, 0.05) is 13.7 Å². The first kappa shape index (κ1) is 17.7. The summed E-state index contributed by atoms with van der Waals surface area (Å²) in [7, 11) is 2.82. The van der Waals surface area contributed by atoms with Crippen molar-refractivity contribution in [3.8, 4) is 0 Å². The first-order valence-electron chi connectivity index (χ1n) is 7.34. The Bertz CT molecular complexity index is 700. The van der Waals surface area contributed by atoms with Gasteiger partial charge in [-0.15, -0.1) is 0 Å². The molecule has 2 aromatic rings. The fourth-order valence-corrected chi connectivity index (χ4v) is 2.01. The van der Waals surface area contributed by atoms with Crippen molar-refractivity contribution in [3.63, 3.8) is 0 Å². The number of methoxy groups -OCH3 is 2. The summed E-state index contributed by atoms with van der Waals surface area (Å²) in [6.07, 6.45) is -0.706. The number of rotatable bonds is 7. The highest BCUT2D eigenvalue weighted by Gasteiger charge is 2.18. The Morgan fingerprint density at radius 3 is 2.71 bits per heavy atom. The number of hydrogen-bond acceptors (Lipinski definition) is 6. The number of ether oxygens (including phenoxy) is 3. The van der Waals surface area contributed by atoms with E-state index in [9.17, 15) is 9.59 Å². The van der Waals surface area contributed by atoms with Gasteiger partial charge in [-0.1, -0.05) is 12.1 Å². The molecule has 1 heterocycles. The predicted molar refractivity (Wildman–Crippen MR) is 87.3 cm³/mol. The normalized spacial score (nSPS) is 10.6. The van der Waals surface area contributed by atoms with Crippen LogP contribution < -0.4 is 10.6 Å². The average molecular weight is 336 g/mol. The van der Waals surface area contributed by atoms with Crippen LogP contribution in [0.4, 0.5) is 15.5 Å². The number of fused-ring (bicyclic) bond motifs is 1. The lowest BCUT2D eigenvalue weighted by molar-refractivity contribution is 0.0727. The molecule has 130 valence electrons. The van der Waals surface area contributed by atoms with E-state index >= 15 is 0 Å². The highest BCUT2D eigenvalue weighted by Crippen LogP contribution is 2.19. The van der Waals surface area contributed by atoms with Gasteiger partial charge < -0.3 is 19.5 Å². The third-order valence-corrected chi connectivity index (χ3v) is 3.12. The quantitative estimate of drug-likeness (QED) is 0.742. The molecule has 0 aliphatic rings. The van der Waals surface area contributed by atoms with Gasteiger partial charge in [0.1, 0.15) is 0 Å². The summed E-state index contributed by atoms with van der Waals surface area (Å²) in [5.74, 6) is 0.0841. The molecule has 0 saturated heterocycles. The molecule has 24 heavy (non-hydrogen) atoms. The number of amides is 2. The van der Waals surface area contributed by atoms with Crippen molar-refractivity contribution in [3.05, 3.63) is 24.3 Å². The average Bonchev–Trinajstić information content (AvgIpc) is 2.95. The molecule has 0 atom stereocenters. The summed E-state index contributed by atoms with van der Waals surface area (Å²) in [6.45, 7) is 1.61. The van der Waals surface area contributed by atoms with E-state index in [0.717, 1.165) is 0 Å². The Balaban J connectivity index is 2.09. The molecule has 2 amide bonds. The summed E-state index contributed by atoms with van der Waals surface area (Å²) in [4.78, 5) is 28.1. The van der Waals surface area contributed by atoms with Crippen LogP contribution in [0, 0.1) is 0 Å². The van der Waals surface area contributed by atoms with Crippen molar-refractivity contribution < 1.29 is 23.8 Å². The zero-order valence-corrected chi connectivity index (χ0v) is 13.6. The lowest BCUT2D eigenvalue weighted by Crippen LogP contribution is -2.33. The van der Waals surface area contributed by atoms with Gasteiger partial charge in [-0.2, -0.15) is 0 Å². The topological polar surface area (TPSA) is 104 Å². The largest absolute Gasteiger partial charge is 0.453 e. The summed E-state index contributed by atoms with van der Waals surface area (Å²) >= 11 is 0. The van der Waals surface area contributed by atoms with E-state index in [-0.39, 0.29) is 5.95 Å². The number of nitrogens with zero attached hydrogens (tertiary/aromatic N) is 2. The molecule has 0 aliphatic heterocycles. The fraction of sp³-hybridized carbons (Fsp3) is 0.400. The van der Waals surface area contributed by atoms with Crippen LogP contribution in [0.1, 0.15) is 0 Å². The molecular weight excluding hydrogens is 316 g/mol. The molecule has 0 spiro atoms. The van der Waals surface area contributed by atoms with Crippen LogP contribution in [0.15, 0.2) is 24.3 Å². The molecule has 2 rings (SSSR count). The molecule has 2 N–H and O–H groups in total. The van der Waals surface area contributed by atoms with E-state index in [0.29, 0.717) is 37.4 Å². The van der Waals surface area contributed by atoms with E-state index in [4.69, 9.17) is 9.47 Å². The first-order chi connectivity index (χ1) is 11.7. The number of imidazole rings is 1. The second kappa shape index (κ2) is 8.85. The molecule has 1 aromatic heterocycles. The number of carbonyl (C=O) groups is 2. The van der Waals surface area contributed by atoms with Crippen molar-refractivity contribution in [2.45, 2.75) is 0 Å². The van der Waals surface area contributed by atoms with Gasteiger partial charge in [0.25, 0.3) is 0 Å². The van der Waals surface area contributed by atoms with E-state index < -0.39 is 12.1 Å². The zero-order chi connectivity index (χ0) is 17.4. The molecule has 0 saturated carbocycles. The van der Waals surface area contributed by atoms with E-state index in [1.807, 2.05) is 0 Å². The van der Waals surface area contributed by atoms with Gasteiger partial charge in [0.15, 0.2) is 0 Å². The van der Waals surface area contributed by atoms with Crippen molar-refractivity contribution in [2.75, 3.05) is 45.9 Å². The number of hydrogen-bond donors (Lipinski definition) is 2. The standard InChI is InChI=1S/C15H20N4O5/c1-22-9-10-24-8-7-16-14(20)19-12-6-4-3-5-11(12)17-13(19)18-15(21)23-2/h3-6H,7-10H2,1-2H3,(H,16,20)(H,17,18,21). The summed E-state index contributed by atoms with van der Waals surface area (Å²) in [5.41, 5.74) is 1.15. The number of nitrogens with one attached hydrogen (secondary N) is 2. The minimum absolute atomic E-state index is 0.0841. The van der Waals surface area contributed by atoms with Crippen LogP contribution in [-0.4, -0.2) is 62.3 Å².